The van der Waals surface area contributed by atoms with Crippen molar-refractivity contribution in [1.82, 2.24) is 25.4 Å². The van der Waals surface area contributed by atoms with Gasteiger partial charge in [-0.3, -0.25) is 0 Å². The highest BCUT2D eigenvalue weighted by Crippen LogP contribution is 2.43. The van der Waals surface area contributed by atoms with Crippen LogP contribution in [0.3, 0.4) is 0 Å². The zero-order valence-corrected chi connectivity index (χ0v) is 40.9. The van der Waals surface area contributed by atoms with Gasteiger partial charge in [-0.2, -0.15) is 0 Å². The molecule has 0 fully saturated rings. The number of hydrogen-bond donors (Lipinski definition) is 0. The van der Waals surface area contributed by atoms with Gasteiger partial charge in [-0.05, 0) is 133 Å². The lowest BCUT2D eigenvalue weighted by atomic mass is 9.89. The van der Waals surface area contributed by atoms with Gasteiger partial charge in [0, 0.05) is 44.3 Å². The van der Waals surface area contributed by atoms with Gasteiger partial charge in [0.2, 0.25) is 23.6 Å². The maximum absolute atomic E-state index is 6.07. The Balaban J connectivity index is 0.872. The van der Waals surface area contributed by atoms with Crippen molar-refractivity contribution < 1.29 is 8.83 Å². The lowest BCUT2D eigenvalue weighted by Crippen LogP contribution is -1.96. The first kappa shape index (κ1) is 44.3. The van der Waals surface area contributed by atoms with Gasteiger partial charge in [0.15, 0.2) is 0 Å². The van der Waals surface area contributed by atoms with Gasteiger partial charge >= 0.3 is 0 Å². The summed E-state index contributed by atoms with van der Waals surface area (Å²) in [6, 6.07) is 91.1. The van der Waals surface area contributed by atoms with Crippen LogP contribution in [0.2, 0.25) is 0 Å². The van der Waals surface area contributed by atoms with Gasteiger partial charge in [-0.1, -0.05) is 194 Å². The second-order valence-corrected chi connectivity index (χ2v) is 18.9. The molecule has 14 rings (SSSR count). The minimum Gasteiger partial charge on any atom is -0.416 e. The quantitative estimate of drug-likeness (QED) is 0.135. The number of fused-ring (bicyclic) bond motifs is 3. The van der Waals surface area contributed by atoms with E-state index in [0.29, 0.717) is 23.6 Å². The van der Waals surface area contributed by atoms with E-state index in [4.69, 9.17) is 13.8 Å². The van der Waals surface area contributed by atoms with E-state index in [1.54, 1.807) is 0 Å². The molecule has 3 aromatic heterocycles. The van der Waals surface area contributed by atoms with Crippen molar-refractivity contribution in [1.29, 1.82) is 0 Å². The van der Waals surface area contributed by atoms with E-state index in [-0.39, 0.29) is 0 Å². The standard InChI is InChI=1S/C69H43N5O2/c1-3-13-52(14-4-1)66-71-73-68(75-66)54-33-23-48(24-34-54)46-19-29-50(30-20-46)62-43-63-60(58-37-27-44-11-7-9-17-56(44)41-58)39-40-61(59-38-28-45-12-8-10-18-57(45)42-59)65(63)70-64(62)51-31-21-47(22-32-51)49-25-35-55(36-26-49)69-74-72-67(76-69)53-15-5-2-6-16-53/h1-43H. The fraction of sp³-hybridized carbons (Fsp3) is 0. The molecule has 0 N–H and O–H groups in total. The topological polar surface area (TPSA) is 90.7 Å². The van der Waals surface area contributed by atoms with E-state index in [1.807, 2.05) is 84.9 Å². The molecule has 11 aromatic carbocycles. The summed E-state index contributed by atoms with van der Waals surface area (Å²) in [4.78, 5) is 5.80. The van der Waals surface area contributed by atoms with Gasteiger partial charge in [-0.25, -0.2) is 4.98 Å². The summed E-state index contributed by atoms with van der Waals surface area (Å²) in [5, 5.41) is 23.2. The van der Waals surface area contributed by atoms with E-state index in [9.17, 15) is 0 Å². The third-order valence-corrected chi connectivity index (χ3v) is 14.3. The summed E-state index contributed by atoms with van der Waals surface area (Å²) >= 11 is 0. The van der Waals surface area contributed by atoms with Crippen LogP contribution in [-0.2, 0) is 0 Å². The first-order valence-electron chi connectivity index (χ1n) is 25.3. The molecule has 7 heteroatoms. The number of pyridine rings is 1. The normalized spacial score (nSPS) is 11.4. The van der Waals surface area contributed by atoms with E-state index < -0.39 is 0 Å². The fourth-order valence-electron chi connectivity index (χ4n) is 10.2. The molecule has 0 amide bonds. The first-order chi connectivity index (χ1) is 37.6. The number of aromatic nitrogens is 5. The van der Waals surface area contributed by atoms with Gasteiger partial charge in [-0.15, -0.1) is 20.4 Å². The zero-order chi connectivity index (χ0) is 50.4. The number of hydrogen-bond acceptors (Lipinski definition) is 7. The summed E-state index contributed by atoms with van der Waals surface area (Å²) < 4.78 is 12.1. The molecular formula is C69H43N5O2. The van der Waals surface area contributed by atoms with Crippen molar-refractivity contribution >= 4 is 32.4 Å². The van der Waals surface area contributed by atoms with Crippen molar-refractivity contribution in [2.75, 3.05) is 0 Å². The van der Waals surface area contributed by atoms with Crippen molar-refractivity contribution in [2.24, 2.45) is 0 Å². The Morgan fingerprint density at radius 3 is 1.03 bits per heavy atom. The van der Waals surface area contributed by atoms with Crippen LogP contribution in [0.25, 0.3) is 145 Å². The van der Waals surface area contributed by atoms with Crippen LogP contribution in [0.5, 0.6) is 0 Å². The molecule has 0 unspecified atom stereocenters. The smallest absolute Gasteiger partial charge is 0.248 e. The number of benzene rings is 11. The fourth-order valence-corrected chi connectivity index (χ4v) is 10.2. The second-order valence-electron chi connectivity index (χ2n) is 18.9. The maximum Gasteiger partial charge on any atom is 0.248 e. The highest BCUT2D eigenvalue weighted by molar-refractivity contribution is 6.08. The molecule has 0 bridgehead atoms. The zero-order valence-electron chi connectivity index (χ0n) is 40.9. The van der Waals surface area contributed by atoms with Crippen LogP contribution in [0, 0.1) is 0 Å². The summed E-state index contributed by atoms with van der Waals surface area (Å²) in [6.07, 6.45) is 0. The van der Waals surface area contributed by atoms with Crippen LogP contribution in [0.15, 0.2) is 270 Å². The SMILES string of the molecule is c1ccc(-c2nnc(-c3ccc(-c4ccc(-c5cc6c(-c7ccc8ccccc8c7)ccc(-c7ccc8ccccc8c7)c6nc5-c5ccc(-c6ccc(-c7nnc(-c8ccccc8)o7)cc6)cc5)cc4)cc3)o2)cc1. The Kier molecular flexibility index (Phi) is 11.0. The Morgan fingerprint density at radius 2 is 0.566 bits per heavy atom. The molecule has 0 aliphatic carbocycles. The third-order valence-electron chi connectivity index (χ3n) is 14.3. The lowest BCUT2D eigenvalue weighted by molar-refractivity contribution is 0.584. The lowest BCUT2D eigenvalue weighted by Gasteiger charge is -2.18. The molecule has 14 aromatic rings. The Hall–Kier alpha value is -10.4. The summed E-state index contributed by atoms with van der Waals surface area (Å²) in [6.45, 7) is 0. The molecule has 0 aliphatic rings. The van der Waals surface area contributed by atoms with Crippen LogP contribution < -0.4 is 0 Å². The van der Waals surface area contributed by atoms with Gasteiger partial charge in [0.1, 0.15) is 0 Å². The van der Waals surface area contributed by atoms with E-state index >= 15 is 0 Å². The third kappa shape index (κ3) is 8.38. The van der Waals surface area contributed by atoms with E-state index in [0.717, 1.165) is 100 Å². The molecule has 0 atom stereocenters. The van der Waals surface area contributed by atoms with Gasteiger partial charge in [0.25, 0.3) is 0 Å². The molecule has 76 heavy (non-hydrogen) atoms. The number of rotatable bonds is 10. The van der Waals surface area contributed by atoms with Crippen molar-refractivity contribution in [3.05, 3.63) is 261 Å². The molecule has 356 valence electrons. The maximum atomic E-state index is 6.07. The minimum atomic E-state index is 0.478. The summed E-state index contributed by atoms with van der Waals surface area (Å²) in [5.41, 5.74) is 17.2. The average Bonchev–Trinajstić information content (AvgIpc) is 4.25. The van der Waals surface area contributed by atoms with Crippen molar-refractivity contribution in [2.45, 2.75) is 0 Å². The molecule has 0 saturated heterocycles. The number of nitrogens with zero attached hydrogens (tertiary/aromatic N) is 5. The second kappa shape index (κ2) is 18.9. The highest BCUT2D eigenvalue weighted by atomic mass is 16.4. The minimum absolute atomic E-state index is 0.478. The van der Waals surface area contributed by atoms with Crippen LogP contribution in [0.1, 0.15) is 0 Å². The molecule has 0 spiro atoms. The first-order valence-corrected chi connectivity index (χ1v) is 25.3. The molecule has 3 heterocycles. The average molecular weight is 974 g/mol. The van der Waals surface area contributed by atoms with Crippen molar-refractivity contribution in [3.63, 3.8) is 0 Å². The molecule has 0 saturated carbocycles. The summed E-state index contributed by atoms with van der Waals surface area (Å²) in [5.74, 6) is 1.95. The summed E-state index contributed by atoms with van der Waals surface area (Å²) in [7, 11) is 0. The van der Waals surface area contributed by atoms with Gasteiger partial charge in [0.05, 0.1) is 11.2 Å². The predicted octanol–water partition coefficient (Wildman–Crippen LogP) is 18.0. The monoisotopic (exact) mass is 973 g/mol. The van der Waals surface area contributed by atoms with Crippen LogP contribution in [0.4, 0.5) is 0 Å². The predicted molar refractivity (Wildman–Crippen MR) is 307 cm³/mol. The molecule has 7 nitrogen and oxygen atoms in total. The van der Waals surface area contributed by atoms with E-state index in [1.165, 1.54) is 21.5 Å². The Bertz CT molecular complexity index is 4130. The van der Waals surface area contributed by atoms with Crippen LogP contribution in [-0.4, -0.2) is 25.4 Å². The van der Waals surface area contributed by atoms with Crippen molar-refractivity contribution in [3.8, 4) is 113 Å². The van der Waals surface area contributed by atoms with Crippen LogP contribution >= 0.6 is 0 Å². The van der Waals surface area contributed by atoms with E-state index in [2.05, 4.69) is 196 Å². The largest absolute Gasteiger partial charge is 0.416 e. The Morgan fingerprint density at radius 1 is 0.224 bits per heavy atom. The Labute approximate surface area is 438 Å². The molecular weight excluding hydrogens is 931 g/mol. The van der Waals surface area contributed by atoms with Gasteiger partial charge < -0.3 is 8.83 Å². The molecule has 0 radical (unpaired) electrons. The highest BCUT2D eigenvalue weighted by Gasteiger charge is 2.20. The molecule has 0 aliphatic heterocycles.